The molecule has 1 aliphatic rings. The number of hydrogen-bond donors (Lipinski definition) is 1. The summed E-state index contributed by atoms with van der Waals surface area (Å²) in [5, 5.41) is 9.21. The second-order valence-electron chi connectivity index (χ2n) is 4.76. The molecule has 1 saturated heterocycles. The Labute approximate surface area is 106 Å². The number of carboxylic acids is 1. The van der Waals surface area contributed by atoms with Crippen LogP contribution in [0.4, 0.5) is 5.82 Å². The number of aryl methyl sites for hydroxylation is 1. The van der Waals surface area contributed by atoms with Crippen LogP contribution in [0.2, 0.25) is 0 Å². The maximum atomic E-state index is 11.2. The van der Waals surface area contributed by atoms with E-state index in [-0.39, 0.29) is 11.6 Å². The Morgan fingerprint density at radius 1 is 1.50 bits per heavy atom. The van der Waals surface area contributed by atoms with Crippen LogP contribution >= 0.6 is 0 Å². The predicted molar refractivity (Wildman–Crippen MR) is 68.0 cm³/mol. The molecule has 6 nitrogen and oxygen atoms in total. The van der Waals surface area contributed by atoms with E-state index >= 15 is 0 Å². The summed E-state index contributed by atoms with van der Waals surface area (Å²) in [4.78, 5) is 23.8. The fraction of sp³-hybridized carbons (Fsp3) is 0.583. The van der Waals surface area contributed by atoms with Crippen molar-refractivity contribution in [2.75, 3.05) is 31.6 Å². The van der Waals surface area contributed by atoms with Gasteiger partial charge in [-0.25, -0.2) is 14.8 Å². The first kappa shape index (κ1) is 12.8. The molecule has 6 heteroatoms. The van der Waals surface area contributed by atoms with Crippen LogP contribution < -0.4 is 4.90 Å². The van der Waals surface area contributed by atoms with Crippen LogP contribution in [0.25, 0.3) is 0 Å². The summed E-state index contributed by atoms with van der Waals surface area (Å²) >= 11 is 0. The van der Waals surface area contributed by atoms with Gasteiger partial charge in [0, 0.05) is 31.9 Å². The number of nitrogens with zero attached hydrogens (tertiary/aromatic N) is 4. The zero-order valence-corrected chi connectivity index (χ0v) is 10.9. The van der Waals surface area contributed by atoms with Gasteiger partial charge in [-0.3, -0.25) is 0 Å². The monoisotopic (exact) mass is 250 g/mol. The molecule has 0 amide bonds. The van der Waals surface area contributed by atoms with Gasteiger partial charge in [-0.05, 0) is 20.9 Å². The number of likely N-dealkylation sites (N-methyl/N-ethyl adjacent to an activating group) is 1. The quantitative estimate of drug-likeness (QED) is 0.830. The minimum atomic E-state index is -0.976. The second kappa shape index (κ2) is 4.89. The SMILES string of the molecule is Cc1ncc(C(=O)O)c(N2CCN(C)CC2C)n1. The Morgan fingerprint density at radius 3 is 2.83 bits per heavy atom. The molecule has 0 spiro atoms. The molecule has 1 aromatic rings. The number of aromatic nitrogens is 2. The molecule has 1 atom stereocenters. The number of piperazine rings is 1. The van der Waals surface area contributed by atoms with Gasteiger partial charge in [0.1, 0.15) is 17.2 Å². The third-order valence-corrected chi connectivity index (χ3v) is 3.22. The lowest BCUT2D eigenvalue weighted by Gasteiger charge is -2.39. The number of hydrogen-bond acceptors (Lipinski definition) is 5. The molecule has 1 N–H and O–H groups in total. The lowest BCUT2D eigenvalue weighted by atomic mass is 10.1. The van der Waals surface area contributed by atoms with E-state index in [4.69, 9.17) is 0 Å². The molecule has 0 bridgehead atoms. The average molecular weight is 250 g/mol. The highest BCUT2D eigenvalue weighted by atomic mass is 16.4. The first-order valence-corrected chi connectivity index (χ1v) is 6.01. The summed E-state index contributed by atoms with van der Waals surface area (Å²) in [5.74, 6) is 0.160. The van der Waals surface area contributed by atoms with Crippen LogP contribution in [-0.2, 0) is 0 Å². The van der Waals surface area contributed by atoms with Gasteiger partial charge in [0.15, 0.2) is 0 Å². The van der Waals surface area contributed by atoms with Gasteiger partial charge in [0.05, 0.1) is 0 Å². The van der Waals surface area contributed by atoms with Gasteiger partial charge >= 0.3 is 5.97 Å². The third kappa shape index (κ3) is 2.43. The molecule has 2 rings (SSSR count). The zero-order valence-electron chi connectivity index (χ0n) is 10.9. The molecule has 1 aromatic heterocycles. The van der Waals surface area contributed by atoms with Crippen LogP contribution in [0.5, 0.6) is 0 Å². The first-order valence-electron chi connectivity index (χ1n) is 6.01. The lowest BCUT2D eigenvalue weighted by molar-refractivity contribution is 0.0696. The summed E-state index contributed by atoms with van der Waals surface area (Å²) < 4.78 is 0. The fourth-order valence-corrected chi connectivity index (χ4v) is 2.28. The lowest BCUT2D eigenvalue weighted by Crippen LogP contribution is -2.51. The molecule has 0 saturated carbocycles. The van der Waals surface area contributed by atoms with Crippen LogP contribution in [0.1, 0.15) is 23.1 Å². The van der Waals surface area contributed by atoms with Gasteiger partial charge in [0.25, 0.3) is 0 Å². The number of carbonyl (C=O) groups is 1. The van der Waals surface area contributed by atoms with E-state index < -0.39 is 5.97 Å². The van der Waals surface area contributed by atoms with E-state index in [2.05, 4.69) is 33.7 Å². The Balaban J connectivity index is 2.37. The molecule has 1 aliphatic heterocycles. The highest BCUT2D eigenvalue weighted by Crippen LogP contribution is 2.22. The van der Waals surface area contributed by atoms with Gasteiger partial charge in [-0.2, -0.15) is 0 Å². The minimum absolute atomic E-state index is 0.178. The van der Waals surface area contributed by atoms with E-state index in [1.807, 2.05) is 0 Å². The Morgan fingerprint density at radius 2 is 2.22 bits per heavy atom. The molecular formula is C12H18N4O2. The number of carboxylic acid groups (broad SMARTS) is 1. The molecule has 1 unspecified atom stereocenters. The Bertz CT molecular complexity index is 463. The zero-order chi connectivity index (χ0) is 13.3. The van der Waals surface area contributed by atoms with E-state index in [9.17, 15) is 9.90 Å². The van der Waals surface area contributed by atoms with Crippen molar-refractivity contribution in [1.29, 1.82) is 0 Å². The maximum absolute atomic E-state index is 11.2. The highest BCUT2D eigenvalue weighted by molar-refractivity contribution is 5.93. The van der Waals surface area contributed by atoms with Crippen LogP contribution in [0, 0.1) is 6.92 Å². The van der Waals surface area contributed by atoms with E-state index in [1.165, 1.54) is 6.20 Å². The molecule has 2 heterocycles. The van der Waals surface area contributed by atoms with Crippen LogP contribution in [0.15, 0.2) is 6.20 Å². The van der Waals surface area contributed by atoms with Crippen molar-refractivity contribution in [3.63, 3.8) is 0 Å². The molecule has 1 fully saturated rings. The number of rotatable bonds is 2. The highest BCUT2D eigenvalue weighted by Gasteiger charge is 2.26. The van der Waals surface area contributed by atoms with Crippen molar-refractivity contribution in [2.45, 2.75) is 19.9 Å². The molecule has 0 radical (unpaired) electrons. The second-order valence-corrected chi connectivity index (χ2v) is 4.76. The van der Waals surface area contributed by atoms with Gasteiger partial charge in [-0.15, -0.1) is 0 Å². The smallest absolute Gasteiger partial charge is 0.341 e. The standard InChI is InChI=1S/C12H18N4O2/c1-8-7-15(3)4-5-16(8)11-10(12(17)18)6-13-9(2)14-11/h6,8H,4-5,7H2,1-3H3,(H,17,18). The largest absolute Gasteiger partial charge is 0.477 e. The minimum Gasteiger partial charge on any atom is -0.477 e. The number of aromatic carboxylic acids is 1. The Kier molecular flexibility index (Phi) is 3.47. The summed E-state index contributed by atoms with van der Waals surface area (Å²) in [6.45, 7) is 6.46. The Hall–Kier alpha value is -1.69. The van der Waals surface area contributed by atoms with Crippen LogP contribution in [-0.4, -0.2) is 58.7 Å². The van der Waals surface area contributed by atoms with Gasteiger partial charge in [0.2, 0.25) is 0 Å². The van der Waals surface area contributed by atoms with Crippen molar-refractivity contribution >= 4 is 11.8 Å². The maximum Gasteiger partial charge on any atom is 0.341 e. The first-order chi connectivity index (χ1) is 8.49. The van der Waals surface area contributed by atoms with E-state index in [1.54, 1.807) is 6.92 Å². The summed E-state index contributed by atoms with van der Waals surface area (Å²) in [5.41, 5.74) is 0.178. The molecular weight excluding hydrogens is 232 g/mol. The van der Waals surface area contributed by atoms with Gasteiger partial charge in [-0.1, -0.05) is 0 Å². The fourth-order valence-electron chi connectivity index (χ4n) is 2.28. The molecule has 0 aliphatic carbocycles. The van der Waals surface area contributed by atoms with Crippen molar-refractivity contribution in [3.05, 3.63) is 17.6 Å². The summed E-state index contributed by atoms with van der Waals surface area (Å²) in [7, 11) is 2.07. The molecule has 18 heavy (non-hydrogen) atoms. The van der Waals surface area contributed by atoms with Crippen molar-refractivity contribution in [3.8, 4) is 0 Å². The summed E-state index contributed by atoms with van der Waals surface area (Å²) in [6.07, 6.45) is 1.39. The predicted octanol–water partition coefficient (Wildman–Crippen LogP) is 0.624. The number of anilines is 1. The average Bonchev–Trinajstić information content (AvgIpc) is 2.28. The van der Waals surface area contributed by atoms with Crippen molar-refractivity contribution in [1.82, 2.24) is 14.9 Å². The normalized spacial score (nSPS) is 21.1. The third-order valence-electron chi connectivity index (χ3n) is 3.22. The molecule has 98 valence electrons. The van der Waals surface area contributed by atoms with E-state index in [0.717, 1.165) is 19.6 Å². The van der Waals surface area contributed by atoms with Gasteiger partial charge < -0.3 is 14.9 Å². The van der Waals surface area contributed by atoms with Crippen molar-refractivity contribution < 1.29 is 9.90 Å². The van der Waals surface area contributed by atoms with Crippen LogP contribution in [0.3, 0.4) is 0 Å². The summed E-state index contributed by atoms with van der Waals surface area (Å²) in [6, 6.07) is 0.246. The van der Waals surface area contributed by atoms with E-state index in [0.29, 0.717) is 11.6 Å². The van der Waals surface area contributed by atoms with Crippen molar-refractivity contribution in [2.24, 2.45) is 0 Å². The topological polar surface area (TPSA) is 69.6 Å². The molecule has 0 aromatic carbocycles.